The maximum absolute atomic E-state index is 13.0. The Hall–Kier alpha value is -1.35. The lowest BCUT2D eigenvalue weighted by molar-refractivity contribution is -0.137. The zero-order valence-corrected chi connectivity index (χ0v) is 12.8. The zero-order valence-electron chi connectivity index (χ0n) is 12.8. The maximum atomic E-state index is 13.0. The maximum Gasteiger partial charge on any atom is 0.226 e. The number of hydrogen-bond donors (Lipinski definition) is 1. The first kappa shape index (κ1) is 14.6. The van der Waals surface area contributed by atoms with Crippen LogP contribution in [0.4, 0.5) is 0 Å². The summed E-state index contributed by atoms with van der Waals surface area (Å²) in [6.45, 7) is 3.86. The van der Waals surface area contributed by atoms with Crippen molar-refractivity contribution < 1.29 is 4.79 Å². The fourth-order valence-electron chi connectivity index (χ4n) is 3.78. The molecule has 2 saturated heterocycles. The largest absolute Gasteiger partial charge is 0.338 e. The molecule has 3 rings (SSSR count). The van der Waals surface area contributed by atoms with Crippen LogP contribution >= 0.6 is 0 Å². The van der Waals surface area contributed by atoms with E-state index < -0.39 is 0 Å². The van der Waals surface area contributed by atoms with Crippen LogP contribution in [0.1, 0.15) is 37.7 Å². The summed E-state index contributed by atoms with van der Waals surface area (Å²) in [4.78, 5) is 15.1. The SMILES string of the molecule is O=C1[C@@H](C2CCNCC2)CCCCN1Cc1ccccc1. The number of carbonyl (C=O) groups excluding carboxylic acids is 1. The molecule has 3 heteroatoms. The van der Waals surface area contributed by atoms with Gasteiger partial charge in [0.05, 0.1) is 0 Å². The van der Waals surface area contributed by atoms with E-state index in [9.17, 15) is 4.79 Å². The van der Waals surface area contributed by atoms with Crippen molar-refractivity contribution in [1.29, 1.82) is 0 Å². The summed E-state index contributed by atoms with van der Waals surface area (Å²) in [6, 6.07) is 10.4. The van der Waals surface area contributed by atoms with Crippen LogP contribution in [0.3, 0.4) is 0 Å². The molecule has 0 spiro atoms. The van der Waals surface area contributed by atoms with Crippen LogP contribution in [-0.4, -0.2) is 30.4 Å². The Morgan fingerprint density at radius 1 is 1.05 bits per heavy atom. The van der Waals surface area contributed by atoms with Crippen LogP contribution in [0, 0.1) is 11.8 Å². The molecule has 1 atom stereocenters. The molecule has 0 saturated carbocycles. The Morgan fingerprint density at radius 2 is 1.81 bits per heavy atom. The molecule has 1 aromatic carbocycles. The van der Waals surface area contributed by atoms with Gasteiger partial charge >= 0.3 is 0 Å². The molecule has 0 aliphatic carbocycles. The molecule has 0 aromatic heterocycles. The molecule has 1 N–H and O–H groups in total. The first-order chi connectivity index (χ1) is 10.3. The van der Waals surface area contributed by atoms with Crippen molar-refractivity contribution in [3.8, 4) is 0 Å². The van der Waals surface area contributed by atoms with E-state index in [1.807, 2.05) is 6.07 Å². The van der Waals surface area contributed by atoms with Gasteiger partial charge in [-0.3, -0.25) is 4.79 Å². The number of nitrogens with zero attached hydrogens (tertiary/aromatic N) is 1. The minimum Gasteiger partial charge on any atom is -0.338 e. The molecule has 1 amide bonds. The number of rotatable bonds is 3. The van der Waals surface area contributed by atoms with E-state index in [0.29, 0.717) is 11.8 Å². The van der Waals surface area contributed by atoms with Crippen molar-refractivity contribution >= 4 is 5.91 Å². The highest BCUT2D eigenvalue weighted by atomic mass is 16.2. The molecular formula is C18H26N2O. The summed E-state index contributed by atoms with van der Waals surface area (Å²) in [7, 11) is 0. The number of amides is 1. The molecule has 114 valence electrons. The second-order valence-corrected chi connectivity index (χ2v) is 6.44. The van der Waals surface area contributed by atoms with Gasteiger partial charge in [-0.15, -0.1) is 0 Å². The average Bonchev–Trinajstić information content (AvgIpc) is 2.72. The molecule has 0 unspecified atom stereocenters. The fraction of sp³-hybridized carbons (Fsp3) is 0.611. The van der Waals surface area contributed by atoms with E-state index in [-0.39, 0.29) is 5.92 Å². The van der Waals surface area contributed by atoms with Crippen molar-refractivity contribution in [3.05, 3.63) is 35.9 Å². The predicted molar refractivity (Wildman–Crippen MR) is 84.8 cm³/mol. The van der Waals surface area contributed by atoms with Crippen LogP contribution in [0.5, 0.6) is 0 Å². The highest BCUT2D eigenvalue weighted by Crippen LogP contribution is 2.31. The van der Waals surface area contributed by atoms with Gasteiger partial charge in [0.2, 0.25) is 5.91 Å². The third kappa shape index (κ3) is 3.65. The number of benzene rings is 1. The summed E-state index contributed by atoms with van der Waals surface area (Å²) >= 11 is 0. The van der Waals surface area contributed by atoms with Gasteiger partial charge in [-0.25, -0.2) is 0 Å². The van der Waals surface area contributed by atoms with Gasteiger partial charge in [-0.2, -0.15) is 0 Å². The molecule has 0 bridgehead atoms. The third-order valence-electron chi connectivity index (χ3n) is 4.99. The van der Waals surface area contributed by atoms with Crippen LogP contribution < -0.4 is 5.32 Å². The van der Waals surface area contributed by atoms with E-state index in [4.69, 9.17) is 0 Å². The van der Waals surface area contributed by atoms with Crippen molar-refractivity contribution in [2.24, 2.45) is 11.8 Å². The van der Waals surface area contributed by atoms with E-state index in [0.717, 1.165) is 51.9 Å². The van der Waals surface area contributed by atoms with Gasteiger partial charge < -0.3 is 10.2 Å². The summed E-state index contributed by atoms with van der Waals surface area (Å²) in [5.74, 6) is 1.26. The Balaban J connectivity index is 1.69. The number of piperidine rings is 1. The van der Waals surface area contributed by atoms with Crippen LogP contribution in [0.2, 0.25) is 0 Å². The Labute approximate surface area is 127 Å². The lowest BCUT2D eigenvalue weighted by Crippen LogP contribution is -2.40. The van der Waals surface area contributed by atoms with Gasteiger partial charge in [0.25, 0.3) is 0 Å². The minimum atomic E-state index is 0.262. The molecule has 2 aliphatic rings. The molecule has 3 nitrogen and oxygen atoms in total. The average molecular weight is 286 g/mol. The molecule has 21 heavy (non-hydrogen) atoms. The second-order valence-electron chi connectivity index (χ2n) is 6.44. The van der Waals surface area contributed by atoms with Gasteiger partial charge in [-0.1, -0.05) is 36.8 Å². The first-order valence-corrected chi connectivity index (χ1v) is 8.38. The quantitative estimate of drug-likeness (QED) is 0.926. The van der Waals surface area contributed by atoms with Crippen molar-refractivity contribution in [2.45, 2.75) is 38.6 Å². The van der Waals surface area contributed by atoms with Gasteiger partial charge in [0.15, 0.2) is 0 Å². The van der Waals surface area contributed by atoms with Gasteiger partial charge in [0, 0.05) is 19.0 Å². The lowest BCUT2D eigenvalue weighted by atomic mass is 9.81. The predicted octanol–water partition coefficient (Wildman–Crippen LogP) is 2.81. The summed E-state index contributed by atoms with van der Waals surface area (Å²) in [5.41, 5.74) is 1.25. The minimum absolute atomic E-state index is 0.262. The number of hydrogen-bond acceptors (Lipinski definition) is 2. The number of likely N-dealkylation sites (tertiary alicyclic amines) is 1. The fourth-order valence-corrected chi connectivity index (χ4v) is 3.78. The number of carbonyl (C=O) groups is 1. The second kappa shape index (κ2) is 7.08. The molecule has 2 aliphatic heterocycles. The Bertz CT molecular complexity index is 454. The molecule has 2 fully saturated rings. The Morgan fingerprint density at radius 3 is 2.57 bits per heavy atom. The van der Waals surface area contributed by atoms with E-state index in [2.05, 4.69) is 34.5 Å². The van der Waals surface area contributed by atoms with Crippen molar-refractivity contribution in [2.75, 3.05) is 19.6 Å². The highest BCUT2D eigenvalue weighted by molar-refractivity contribution is 5.79. The van der Waals surface area contributed by atoms with Crippen molar-refractivity contribution in [3.63, 3.8) is 0 Å². The lowest BCUT2D eigenvalue weighted by Gasteiger charge is -2.32. The Kier molecular flexibility index (Phi) is 4.91. The molecule has 0 radical (unpaired) electrons. The van der Waals surface area contributed by atoms with E-state index in [1.54, 1.807) is 0 Å². The molecule has 2 heterocycles. The van der Waals surface area contributed by atoms with E-state index in [1.165, 1.54) is 12.0 Å². The standard InChI is InChI=1S/C18H26N2O/c21-18-17(16-9-11-19-12-10-16)8-4-5-13-20(18)14-15-6-2-1-3-7-15/h1-3,6-7,16-17,19H,4-5,8-14H2/t17-/m1/s1. The smallest absolute Gasteiger partial charge is 0.226 e. The van der Waals surface area contributed by atoms with Gasteiger partial charge in [0.1, 0.15) is 0 Å². The van der Waals surface area contributed by atoms with Crippen LogP contribution in [0.25, 0.3) is 0 Å². The first-order valence-electron chi connectivity index (χ1n) is 8.38. The monoisotopic (exact) mass is 286 g/mol. The van der Waals surface area contributed by atoms with E-state index >= 15 is 0 Å². The summed E-state index contributed by atoms with van der Waals surface area (Å²) in [6.07, 6.45) is 5.77. The summed E-state index contributed by atoms with van der Waals surface area (Å²) < 4.78 is 0. The van der Waals surface area contributed by atoms with Gasteiger partial charge in [-0.05, 0) is 50.3 Å². The third-order valence-corrected chi connectivity index (χ3v) is 4.99. The van der Waals surface area contributed by atoms with Crippen LogP contribution in [-0.2, 0) is 11.3 Å². The topological polar surface area (TPSA) is 32.3 Å². The van der Waals surface area contributed by atoms with Crippen molar-refractivity contribution in [1.82, 2.24) is 10.2 Å². The van der Waals surface area contributed by atoms with Crippen LogP contribution in [0.15, 0.2) is 30.3 Å². The zero-order chi connectivity index (χ0) is 14.5. The summed E-state index contributed by atoms with van der Waals surface area (Å²) in [5, 5.41) is 3.41. The normalized spacial score (nSPS) is 24.9. The highest BCUT2D eigenvalue weighted by Gasteiger charge is 2.33. The number of nitrogens with one attached hydrogen (secondary N) is 1. The molecular weight excluding hydrogens is 260 g/mol. The molecule has 1 aromatic rings.